The zero-order chi connectivity index (χ0) is 15.6. The zero-order valence-corrected chi connectivity index (χ0v) is 12.2. The van der Waals surface area contributed by atoms with Crippen molar-refractivity contribution in [2.45, 2.75) is 12.5 Å². The molecule has 1 aromatic carbocycles. The Kier molecular flexibility index (Phi) is 3.27. The number of nitrogens with one attached hydrogen (secondary N) is 1. The van der Waals surface area contributed by atoms with Crippen LogP contribution >= 0.6 is 0 Å². The SMILES string of the molecule is O=C(Nc1cccnc1-n1cccn1)[C@H]1Cc2ccccc2O1. The summed E-state index contributed by atoms with van der Waals surface area (Å²) in [6, 6.07) is 13.1. The predicted molar refractivity (Wildman–Crippen MR) is 84.6 cm³/mol. The van der Waals surface area contributed by atoms with Crippen LogP contribution in [-0.2, 0) is 11.2 Å². The molecule has 2 aromatic heterocycles. The van der Waals surface area contributed by atoms with Crippen molar-refractivity contribution in [3.05, 3.63) is 66.6 Å². The van der Waals surface area contributed by atoms with Gasteiger partial charge in [0.1, 0.15) is 5.75 Å². The number of benzene rings is 1. The first kappa shape index (κ1) is 13.5. The lowest BCUT2D eigenvalue weighted by Gasteiger charge is -2.13. The molecule has 1 N–H and O–H groups in total. The van der Waals surface area contributed by atoms with Crippen LogP contribution in [0.1, 0.15) is 5.56 Å². The average Bonchev–Trinajstić information content (AvgIpc) is 3.25. The van der Waals surface area contributed by atoms with Crippen LogP contribution in [0.15, 0.2) is 61.1 Å². The number of hydrogen-bond donors (Lipinski definition) is 1. The molecule has 4 rings (SSSR count). The molecule has 1 aliphatic rings. The van der Waals surface area contributed by atoms with Gasteiger partial charge in [0.05, 0.1) is 5.69 Å². The number of carbonyl (C=O) groups excluding carboxylic acids is 1. The molecule has 0 radical (unpaired) electrons. The molecule has 6 nitrogen and oxygen atoms in total. The summed E-state index contributed by atoms with van der Waals surface area (Å²) < 4.78 is 7.33. The summed E-state index contributed by atoms with van der Waals surface area (Å²) in [6.45, 7) is 0. The topological polar surface area (TPSA) is 69.0 Å². The maximum Gasteiger partial charge on any atom is 0.265 e. The van der Waals surface area contributed by atoms with Crippen molar-refractivity contribution in [1.82, 2.24) is 14.8 Å². The fourth-order valence-electron chi connectivity index (χ4n) is 2.61. The number of para-hydroxylation sites is 1. The number of hydrogen-bond acceptors (Lipinski definition) is 4. The number of pyridine rings is 1. The minimum Gasteiger partial charge on any atom is -0.480 e. The van der Waals surface area contributed by atoms with Crippen molar-refractivity contribution in [2.75, 3.05) is 5.32 Å². The normalized spacial score (nSPS) is 15.7. The van der Waals surface area contributed by atoms with E-state index in [2.05, 4.69) is 15.4 Å². The van der Waals surface area contributed by atoms with Gasteiger partial charge in [-0.1, -0.05) is 18.2 Å². The largest absolute Gasteiger partial charge is 0.480 e. The molecule has 6 heteroatoms. The molecule has 0 unspecified atom stereocenters. The number of amides is 1. The molecule has 0 aliphatic carbocycles. The van der Waals surface area contributed by atoms with Gasteiger partial charge in [0.2, 0.25) is 0 Å². The first-order valence-electron chi connectivity index (χ1n) is 7.32. The van der Waals surface area contributed by atoms with Crippen LogP contribution in [0, 0.1) is 0 Å². The van der Waals surface area contributed by atoms with E-state index in [1.165, 1.54) is 0 Å². The van der Waals surface area contributed by atoms with E-state index < -0.39 is 6.10 Å². The highest BCUT2D eigenvalue weighted by Gasteiger charge is 2.29. The van der Waals surface area contributed by atoms with Crippen molar-refractivity contribution in [2.24, 2.45) is 0 Å². The molecule has 23 heavy (non-hydrogen) atoms. The lowest BCUT2D eigenvalue weighted by atomic mass is 10.1. The third kappa shape index (κ3) is 2.55. The maximum atomic E-state index is 12.5. The molecule has 3 aromatic rings. The second-order valence-corrected chi connectivity index (χ2v) is 5.23. The van der Waals surface area contributed by atoms with Crippen molar-refractivity contribution in [3.63, 3.8) is 0 Å². The van der Waals surface area contributed by atoms with Gasteiger partial charge < -0.3 is 10.1 Å². The molecule has 0 spiro atoms. The summed E-state index contributed by atoms with van der Waals surface area (Å²) in [4.78, 5) is 16.8. The van der Waals surface area contributed by atoms with Crippen LogP contribution in [0.25, 0.3) is 5.82 Å². The monoisotopic (exact) mass is 306 g/mol. The third-order valence-corrected chi connectivity index (χ3v) is 3.71. The second-order valence-electron chi connectivity index (χ2n) is 5.23. The van der Waals surface area contributed by atoms with E-state index in [-0.39, 0.29) is 5.91 Å². The minimum absolute atomic E-state index is 0.192. The summed E-state index contributed by atoms with van der Waals surface area (Å²) in [6.07, 6.45) is 5.14. The standard InChI is InChI=1S/C17H14N4O2/c22-17(15-11-12-5-1-2-7-14(12)23-15)20-13-6-3-8-18-16(13)21-10-4-9-19-21/h1-10,15H,11H2,(H,20,22)/t15-/m1/s1. The first-order valence-corrected chi connectivity index (χ1v) is 7.32. The Balaban J connectivity index is 1.55. The van der Waals surface area contributed by atoms with Crippen molar-refractivity contribution in [1.29, 1.82) is 0 Å². The number of carbonyl (C=O) groups is 1. The van der Waals surface area contributed by atoms with Crippen LogP contribution in [0.3, 0.4) is 0 Å². The summed E-state index contributed by atoms with van der Waals surface area (Å²) in [5.74, 6) is 1.15. The quantitative estimate of drug-likeness (QED) is 0.805. The number of fused-ring (bicyclic) bond motifs is 1. The number of nitrogens with zero attached hydrogens (tertiary/aromatic N) is 3. The Labute approximate surface area is 132 Å². The van der Waals surface area contributed by atoms with Gasteiger partial charge in [-0.3, -0.25) is 4.79 Å². The average molecular weight is 306 g/mol. The van der Waals surface area contributed by atoms with Crippen molar-refractivity contribution in [3.8, 4) is 11.6 Å². The highest BCUT2D eigenvalue weighted by Crippen LogP contribution is 2.29. The third-order valence-electron chi connectivity index (χ3n) is 3.71. The summed E-state index contributed by atoms with van der Waals surface area (Å²) in [5, 5.41) is 7.04. The van der Waals surface area contributed by atoms with Gasteiger partial charge in [-0.05, 0) is 29.8 Å². The summed E-state index contributed by atoms with van der Waals surface area (Å²) in [7, 11) is 0. The van der Waals surface area contributed by atoms with Crippen LogP contribution in [0.5, 0.6) is 5.75 Å². The summed E-state index contributed by atoms with van der Waals surface area (Å²) >= 11 is 0. The van der Waals surface area contributed by atoms with Crippen molar-refractivity contribution < 1.29 is 9.53 Å². The molecule has 1 aliphatic heterocycles. The van der Waals surface area contributed by atoms with E-state index in [1.807, 2.05) is 24.3 Å². The Morgan fingerprint density at radius 3 is 2.91 bits per heavy atom. The van der Waals surface area contributed by atoms with Gasteiger partial charge in [-0.25, -0.2) is 9.67 Å². The smallest absolute Gasteiger partial charge is 0.265 e. The minimum atomic E-state index is -0.530. The number of aromatic nitrogens is 3. The van der Waals surface area contributed by atoms with Gasteiger partial charge in [-0.15, -0.1) is 0 Å². The van der Waals surface area contributed by atoms with Gasteiger partial charge in [0, 0.05) is 25.0 Å². The lowest BCUT2D eigenvalue weighted by molar-refractivity contribution is -0.122. The lowest BCUT2D eigenvalue weighted by Crippen LogP contribution is -2.31. The Morgan fingerprint density at radius 2 is 2.09 bits per heavy atom. The van der Waals surface area contributed by atoms with Gasteiger partial charge >= 0.3 is 0 Å². The van der Waals surface area contributed by atoms with Gasteiger partial charge in [-0.2, -0.15) is 5.10 Å². The van der Waals surface area contributed by atoms with Gasteiger partial charge in [0.25, 0.3) is 5.91 Å². The molecule has 1 atom stereocenters. The number of ether oxygens (including phenoxy) is 1. The zero-order valence-electron chi connectivity index (χ0n) is 12.2. The van der Waals surface area contributed by atoms with E-state index in [0.29, 0.717) is 17.9 Å². The van der Waals surface area contributed by atoms with Gasteiger partial charge in [0.15, 0.2) is 11.9 Å². The molecular weight excluding hydrogens is 292 g/mol. The van der Waals surface area contributed by atoms with Crippen molar-refractivity contribution >= 4 is 11.6 Å². The van der Waals surface area contributed by atoms with Crippen LogP contribution in [0.2, 0.25) is 0 Å². The Hall–Kier alpha value is -3.15. The predicted octanol–water partition coefficient (Wildman–Crippen LogP) is 2.21. The molecule has 0 saturated carbocycles. The Morgan fingerprint density at radius 1 is 1.17 bits per heavy atom. The maximum absolute atomic E-state index is 12.5. The van der Waals surface area contributed by atoms with E-state index in [9.17, 15) is 4.79 Å². The first-order chi connectivity index (χ1) is 11.3. The van der Waals surface area contributed by atoms with E-state index in [1.54, 1.807) is 41.5 Å². The van der Waals surface area contributed by atoms with Crippen LogP contribution in [0.4, 0.5) is 5.69 Å². The number of anilines is 1. The fourth-order valence-corrected chi connectivity index (χ4v) is 2.61. The second kappa shape index (κ2) is 5.57. The Bertz CT molecular complexity index is 820. The van der Waals surface area contributed by atoms with Crippen LogP contribution in [-0.4, -0.2) is 26.8 Å². The number of rotatable bonds is 3. The molecule has 3 heterocycles. The fraction of sp³-hybridized carbons (Fsp3) is 0.118. The molecule has 0 bridgehead atoms. The molecule has 0 fully saturated rings. The highest BCUT2D eigenvalue weighted by molar-refractivity contribution is 5.96. The summed E-state index contributed by atoms with van der Waals surface area (Å²) in [5.41, 5.74) is 1.65. The molecular formula is C17H14N4O2. The highest BCUT2D eigenvalue weighted by atomic mass is 16.5. The molecule has 114 valence electrons. The van der Waals surface area contributed by atoms with E-state index in [4.69, 9.17) is 4.74 Å². The van der Waals surface area contributed by atoms with Crippen LogP contribution < -0.4 is 10.1 Å². The molecule has 0 saturated heterocycles. The molecule has 1 amide bonds. The van der Waals surface area contributed by atoms with E-state index >= 15 is 0 Å². The van der Waals surface area contributed by atoms with E-state index in [0.717, 1.165) is 11.3 Å².